The molecular formula is C22H28N6O. The van der Waals surface area contributed by atoms with Gasteiger partial charge in [-0.1, -0.05) is 0 Å². The summed E-state index contributed by atoms with van der Waals surface area (Å²) in [6.07, 6.45) is 10.9. The van der Waals surface area contributed by atoms with Crippen LogP contribution in [0.25, 0.3) is 0 Å². The van der Waals surface area contributed by atoms with E-state index in [1.807, 2.05) is 18.2 Å². The van der Waals surface area contributed by atoms with Gasteiger partial charge in [-0.2, -0.15) is 0 Å². The van der Waals surface area contributed by atoms with Crippen molar-refractivity contribution >= 4 is 18.3 Å². The van der Waals surface area contributed by atoms with E-state index < -0.39 is 0 Å². The number of methoxy groups -OCH3 is 1. The number of rotatable bonds is 4. The van der Waals surface area contributed by atoms with Gasteiger partial charge < -0.3 is 15.0 Å². The van der Waals surface area contributed by atoms with Crippen molar-refractivity contribution in [2.75, 3.05) is 33.3 Å². The summed E-state index contributed by atoms with van der Waals surface area (Å²) in [5.41, 5.74) is 3.17. The van der Waals surface area contributed by atoms with E-state index in [9.17, 15) is 0 Å². The molecule has 4 rings (SSSR count). The van der Waals surface area contributed by atoms with E-state index in [2.05, 4.69) is 31.9 Å². The Kier molecular flexibility index (Phi) is 5.85. The average Bonchev–Trinajstić information content (AvgIpc) is 3.23. The van der Waals surface area contributed by atoms with E-state index in [1.165, 1.54) is 19.3 Å². The summed E-state index contributed by atoms with van der Waals surface area (Å²) in [7, 11) is 1.62. The van der Waals surface area contributed by atoms with E-state index in [0.29, 0.717) is 17.9 Å². The van der Waals surface area contributed by atoms with Crippen LogP contribution in [0.2, 0.25) is 0 Å². The lowest BCUT2D eigenvalue weighted by atomic mass is 9.78. The van der Waals surface area contributed by atoms with Crippen LogP contribution in [-0.4, -0.2) is 61.5 Å². The molecule has 0 unspecified atom stereocenters. The summed E-state index contributed by atoms with van der Waals surface area (Å²) < 4.78 is 5.51. The van der Waals surface area contributed by atoms with Crippen molar-refractivity contribution in [3.8, 4) is 0 Å². The molecule has 2 fully saturated rings. The highest BCUT2D eigenvalue weighted by Gasteiger charge is 2.38. The predicted octanol–water partition coefficient (Wildman–Crippen LogP) is 2.58. The summed E-state index contributed by atoms with van der Waals surface area (Å²) >= 11 is 0. The molecule has 0 atom stereocenters. The highest BCUT2D eigenvalue weighted by molar-refractivity contribution is 6.47. The summed E-state index contributed by atoms with van der Waals surface area (Å²) in [6, 6.07) is 3.92. The molecule has 0 aromatic carbocycles. The number of allylic oxidation sites excluding steroid dienone is 1. The van der Waals surface area contributed by atoms with Crippen molar-refractivity contribution in [3.63, 3.8) is 0 Å². The molecule has 0 amide bonds. The molecule has 1 aromatic heterocycles. The van der Waals surface area contributed by atoms with Gasteiger partial charge in [0.2, 0.25) is 5.90 Å². The van der Waals surface area contributed by atoms with Crippen molar-refractivity contribution in [2.24, 2.45) is 20.4 Å². The summed E-state index contributed by atoms with van der Waals surface area (Å²) in [5.74, 6) is 1.37. The topological polar surface area (TPSA) is 74.5 Å². The quantitative estimate of drug-likeness (QED) is 0.800. The van der Waals surface area contributed by atoms with E-state index >= 15 is 0 Å². The number of piperidine rings is 1. The Balaban J connectivity index is 1.61. The lowest BCUT2D eigenvalue weighted by Crippen LogP contribution is -2.41. The van der Waals surface area contributed by atoms with E-state index in [0.717, 1.165) is 48.8 Å². The second-order valence-corrected chi connectivity index (χ2v) is 7.78. The van der Waals surface area contributed by atoms with Crippen LogP contribution in [0, 0.1) is 5.41 Å². The van der Waals surface area contributed by atoms with Gasteiger partial charge in [-0.25, -0.2) is 9.98 Å². The number of ether oxygens (including phenoxy) is 1. The van der Waals surface area contributed by atoms with E-state index in [-0.39, 0.29) is 0 Å². The predicted molar refractivity (Wildman–Crippen MR) is 116 cm³/mol. The Labute approximate surface area is 172 Å². The molecular weight excluding hydrogens is 364 g/mol. The fraction of sp³-hybridized carbons (Fsp3) is 0.455. The number of aromatic nitrogens is 1. The van der Waals surface area contributed by atoms with Gasteiger partial charge in [-0.3, -0.25) is 9.98 Å². The van der Waals surface area contributed by atoms with Gasteiger partial charge in [0.05, 0.1) is 13.7 Å². The fourth-order valence-electron chi connectivity index (χ4n) is 4.35. The molecule has 0 radical (unpaired) electrons. The first-order valence-corrected chi connectivity index (χ1v) is 10.1. The van der Waals surface area contributed by atoms with Crippen molar-refractivity contribution in [3.05, 3.63) is 53.8 Å². The van der Waals surface area contributed by atoms with E-state index in [4.69, 9.17) is 9.73 Å². The highest BCUT2D eigenvalue weighted by atomic mass is 16.5. The summed E-state index contributed by atoms with van der Waals surface area (Å²) in [4.78, 5) is 20.0. The molecule has 3 aliphatic rings. The standard InChI is InChI=1S/C22H28N6O/c1-23-20(28-13-7-22(8-14-28)6-12-25-16-22)18-5-11-26-21(29-2)19(18)27-15-17-3-9-24-10-4-17/h3-5,9-11,25H,1,6-8,12-16H2,2H3/b20-18+,27-19?. The maximum atomic E-state index is 5.51. The molecule has 0 aliphatic carbocycles. The van der Waals surface area contributed by atoms with Gasteiger partial charge in [0.15, 0.2) is 0 Å². The fourth-order valence-corrected chi connectivity index (χ4v) is 4.35. The van der Waals surface area contributed by atoms with Crippen LogP contribution in [-0.2, 0) is 11.3 Å². The van der Waals surface area contributed by atoms with Gasteiger partial charge >= 0.3 is 0 Å². The molecule has 0 saturated carbocycles. The zero-order chi connectivity index (χ0) is 20.1. The number of nitrogens with one attached hydrogen (secondary N) is 1. The average molecular weight is 393 g/mol. The maximum Gasteiger partial charge on any atom is 0.239 e. The second kappa shape index (κ2) is 8.69. The molecule has 0 bridgehead atoms. The number of likely N-dealkylation sites (tertiary alicyclic amines) is 1. The Bertz CT molecular complexity index is 855. The lowest BCUT2D eigenvalue weighted by Gasteiger charge is -2.40. The van der Waals surface area contributed by atoms with Gasteiger partial charge in [0.1, 0.15) is 11.5 Å². The zero-order valence-corrected chi connectivity index (χ0v) is 17.0. The molecule has 7 nitrogen and oxygen atoms in total. The number of aliphatic imine (C=N–C) groups is 3. The maximum absolute atomic E-state index is 5.51. The molecule has 7 heteroatoms. The zero-order valence-electron chi connectivity index (χ0n) is 17.0. The largest absolute Gasteiger partial charge is 0.479 e. The summed E-state index contributed by atoms with van der Waals surface area (Å²) in [5, 5.41) is 3.52. The van der Waals surface area contributed by atoms with Gasteiger partial charge in [-0.15, -0.1) is 0 Å². The van der Waals surface area contributed by atoms with Crippen LogP contribution in [0.5, 0.6) is 0 Å². The Morgan fingerprint density at radius 1 is 1.28 bits per heavy atom. The van der Waals surface area contributed by atoms with Gasteiger partial charge in [-0.05, 0) is 61.7 Å². The molecule has 1 N–H and O–H groups in total. The molecule has 2 saturated heterocycles. The molecule has 4 heterocycles. The van der Waals surface area contributed by atoms with Crippen LogP contribution in [0.4, 0.5) is 0 Å². The number of hydrogen-bond acceptors (Lipinski definition) is 7. The van der Waals surface area contributed by atoms with Crippen molar-refractivity contribution in [1.29, 1.82) is 0 Å². The van der Waals surface area contributed by atoms with Crippen LogP contribution in [0.3, 0.4) is 0 Å². The Morgan fingerprint density at radius 3 is 2.72 bits per heavy atom. The first-order chi connectivity index (χ1) is 14.2. The third kappa shape index (κ3) is 4.15. The monoisotopic (exact) mass is 392 g/mol. The number of hydrogen-bond donors (Lipinski definition) is 1. The summed E-state index contributed by atoms with van der Waals surface area (Å²) in [6.45, 7) is 8.61. The van der Waals surface area contributed by atoms with Crippen molar-refractivity contribution in [2.45, 2.75) is 25.8 Å². The van der Waals surface area contributed by atoms with Crippen LogP contribution < -0.4 is 5.32 Å². The van der Waals surface area contributed by atoms with Gasteiger partial charge in [0.25, 0.3) is 0 Å². The van der Waals surface area contributed by atoms with Crippen LogP contribution >= 0.6 is 0 Å². The third-order valence-corrected chi connectivity index (χ3v) is 6.10. The first kappa shape index (κ1) is 19.5. The first-order valence-electron chi connectivity index (χ1n) is 10.1. The second-order valence-electron chi connectivity index (χ2n) is 7.78. The minimum Gasteiger partial charge on any atom is -0.479 e. The molecule has 1 spiro atoms. The SMILES string of the molecule is C=N/C(=C1/C=CN=C(OC)C1=NCc1ccncc1)N1CCC2(CCNC2)CC1. The Morgan fingerprint density at radius 2 is 2.07 bits per heavy atom. The lowest BCUT2D eigenvalue weighted by molar-refractivity contribution is 0.144. The minimum absolute atomic E-state index is 0.452. The normalized spacial score (nSPS) is 24.0. The van der Waals surface area contributed by atoms with Crippen molar-refractivity contribution < 1.29 is 4.74 Å². The van der Waals surface area contributed by atoms with Gasteiger partial charge in [0, 0.05) is 43.8 Å². The minimum atomic E-state index is 0.452. The number of nitrogens with zero attached hydrogens (tertiary/aromatic N) is 5. The molecule has 152 valence electrons. The molecule has 29 heavy (non-hydrogen) atoms. The van der Waals surface area contributed by atoms with Crippen molar-refractivity contribution in [1.82, 2.24) is 15.2 Å². The molecule has 1 aromatic rings. The van der Waals surface area contributed by atoms with Crippen LogP contribution in [0.15, 0.2) is 63.2 Å². The highest BCUT2D eigenvalue weighted by Crippen LogP contribution is 2.38. The molecule has 3 aliphatic heterocycles. The Hall–Kier alpha value is -2.80. The van der Waals surface area contributed by atoms with Crippen LogP contribution in [0.1, 0.15) is 24.8 Å². The number of pyridine rings is 1. The smallest absolute Gasteiger partial charge is 0.239 e. The third-order valence-electron chi connectivity index (χ3n) is 6.10. The van der Waals surface area contributed by atoms with E-state index in [1.54, 1.807) is 25.7 Å².